The average molecular weight is 289 g/mol. The van der Waals surface area contributed by atoms with Gasteiger partial charge in [0.1, 0.15) is 0 Å². The first kappa shape index (κ1) is 15.2. The quantitative estimate of drug-likeness (QED) is 0.805. The first-order valence-corrected chi connectivity index (χ1v) is 8.17. The van der Waals surface area contributed by atoms with Crippen LogP contribution < -0.4 is 5.32 Å². The van der Waals surface area contributed by atoms with Crippen LogP contribution in [0, 0.1) is 0 Å². The monoisotopic (exact) mass is 289 g/mol. The minimum atomic E-state index is -0.428. The van der Waals surface area contributed by atoms with Gasteiger partial charge in [0.05, 0.1) is 6.10 Å². The molecule has 2 atom stereocenters. The van der Waals surface area contributed by atoms with Gasteiger partial charge in [0.15, 0.2) is 0 Å². The molecule has 20 heavy (non-hydrogen) atoms. The zero-order valence-corrected chi connectivity index (χ0v) is 13.0. The van der Waals surface area contributed by atoms with Crippen molar-refractivity contribution in [3.05, 3.63) is 57.8 Å². The molecule has 2 unspecified atom stereocenters. The summed E-state index contributed by atoms with van der Waals surface area (Å²) < 4.78 is 0. The SMILES string of the molecule is CCCc1ccc(C(C)NCC(O)c2ccsc2)cc1. The summed E-state index contributed by atoms with van der Waals surface area (Å²) in [6.45, 7) is 4.91. The number of thiophene rings is 1. The molecule has 2 aromatic rings. The first-order chi connectivity index (χ1) is 9.70. The minimum absolute atomic E-state index is 0.249. The van der Waals surface area contributed by atoms with Crippen LogP contribution in [0.25, 0.3) is 0 Å². The molecule has 0 bridgehead atoms. The predicted octanol–water partition coefficient (Wildman–Crippen LogP) is 4.08. The molecule has 0 fully saturated rings. The largest absolute Gasteiger partial charge is 0.387 e. The van der Waals surface area contributed by atoms with E-state index in [9.17, 15) is 5.11 Å². The molecule has 0 aliphatic rings. The summed E-state index contributed by atoms with van der Waals surface area (Å²) in [6.07, 6.45) is 1.89. The summed E-state index contributed by atoms with van der Waals surface area (Å²) in [4.78, 5) is 0. The third-order valence-electron chi connectivity index (χ3n) is 3.56. The van der Waals surface area contributed by atoms with Crippen molar-refractivity contribution in [2.24, 2.45) is 0 Å². The number of hydrogen-bond donors (Lipinski definition) is 2. The highest BCUT2D eigenvalue weighted by Crippen LogP contribution is 2.18. The number of aliphatic hydroxyl groups is 1. The maximum absolute atomic E-state index is 10.1. The lowest BCUT2D eigenvalue weighted by Gasteiger charge is -2.17. The molecule has 0 spiro atoms. The summed E-state index contributed by atoms with van der Waals surface area (Å²) >= 11 is 1.62. The van der Waals surface area contributed by atoms with Crippen molar-refractivity contribution in [1.29, 1.82) is 0 Å². The Morgan fingerprint density at radius 3 is 2.50 bits per heavy atom. The molecule has 1 aromatic carbocycles. The molecular formula is C17H23NOS. The lowest BCUT2D eigenvalue weighted by Crippen LogP contribution is -2.24. The Hall–Kier alpha value is -1.16. The van der Waals surface area contributed by atoms with Gasteiger partial charge in [-0.05, 0) is 46.9 Å². The van der Waals surface area contributed by atoms with Crippen molar-refractivity contribution in [3.63, 3.8) is 0 Å². The van der Waals surface area contributed by atoms with Gasteiger partial charge in [-0.25, -0.2) is 0 Å². The third kappa shape index (κ3) is 4.17. The zero-order valence-electron chi connectivity index (χ0n) is 12.2. The van der Waals surface area contributed by atoms with Crippen LogP contribution in [-0.2, 0) is 6.42 Å². The molecule has 1 heterocycles. The summed E-state index contributed by atoms with van der Waals surface area (Å²) in [7, 11) is 0. The van der Waals surface area contributed by atoms with E-state index in [1.807, 2.05) is 16.8 Å². The molecule has 2 rings (SSSR count). The van der Waals surface area contributed by atoms with Gasteiger partial charge in [-0.15, -0.1) is 0 Å². The van der Waals surface area contributed by atoms with Gasteiger partial charge in [0.25, 0.3) is 0 Å². The topological polar surface area (TPSA) is 32.3 Å². The second-order valence-electron chi connectivity index (χ2n) is 5.19. The molecule has 2 nitrogen and oxygen atoms in total. The van der Waals surface area contributed by atoms with Crippen LogP contribution in [0.3, 0.4) is 0 Å². The van der Waals surface area contributed by atoms with Gasteiger partial charge < -0.3 is 10.4 Å². The minimum Gasteiger partial charge on any atom is -0.387 e. The van der Waals surface area contributed by atoms with E-state index < -0.39 is 6.10 Å². The predicted molar refractivity (Wildman–Crippen MR) is 86.1 cm³/mol. The van der Waals surface area contributed by atoms with Crippen molar-refractivity contribution in [2.45, 2.75) is 38.8 Å². The van der Waals surface area contributed by atoms with Gasteiger partial charge in [0, 0.05) is 12.6 Å². The van der Waals surface area contributed by atoms with Crippen molar-refractivity contribution in [2.75, 3.05) is 6.54 Å². The second kappa shape index (κ2) is 7.58. The Kier molecular flexibility index (Phi) is 5.77. The standard InChI is InChI=1S/C17H23NOS/c1-3-4-14-5-7-15(8-6-14)13(2)18-11-17(19)16-9-10-20-12-16/h5-10,12-13,17-19H,3-4,11H2,1-2H3. The van der Waals surface area contributed by atoms with E-state index in [-0.39, 0.29) is 6.04 Å². The fourth-order valence-corrected chi connectivity index (χ4v) is 2.96. The third-order valence-corrected chi connectivity index (χ3v) is 4.27. The zero-order chi connectivity index (χ0) is 14.4. The molecule has 3 heteroatoms. The Labute approximate surface area is 125 Å². The number of nitrogens with one attached hydrogen (secondary N) is 1. The van der Waals surface area contributed by atoms with Crippen molar-refractivity contribution in [1.82, 2.24) is 5.32 Å². The van der Waals surface area contributed by atoms with E-state index in [1.54, 1.807) is 11.3 Å². The molecule has 0 saturated heterocycles. The van der Waals surface area contributed by atoms with Crippen molar-refractivity contribution in [3.8, 4) is 0 Å². The van der Waals surface area contributed by atoms with E-state index in [4.69, 9.17) is 0 Å². The summed E-state index contributed by atoms with van der Waals surface area (Å²) in [5.41, 5.74) is 3.65. The first-order valence-electron chi connectivity index (χ1n) is 7.23. The van der Waals surface area contributed by atoms with Crippen LogP contribution in [0.1, 0.15) is 49.1 Å². The highest BCUT2D eigenvalue weighted by molar-refractivity contribution is 7.07. The Morgan fingerprint density at radius 2 is 1.90 bits per heavy atom. The highest BCUT2D eigenvalue weighted by atomic mass is 32.1. The van der Waals surface area contributed by atoms with E-state index >= 15 is 0 Å². The maximum atomic E-state index is 10.1. The Morgan fingerprint density at radius 1 is 1.15 bits per heavy atom. The van der Waals surface area contributed by atoms with E-state index in [1.165, 1.54) is 17.5 Å². The van der Waals surface area contributed by atoms with Gasteiger partial charge >= 0.3 is 0 Å². The molecular weight excluding hydrogens is 266 g/mol. The fraction of sp³-hybridized carbons (Fsp3) is 0.412. The molecule has 0 aliphatic heterocycles. The number of hydrogen-bond acceptors (Lipinski definition) is 3. The van der Waals surface area contributed by atoms with Crippen LogP contribution in [0.4, 0.5) is 0 Å². The van der Waals surface area contributed by atoms with Gasteiger partial charge in [-0.1, -0.05) is 37.6 Å². The van der Waals surface area contributed by atoms with Crippen LogP contribution in [-0.4, -0.2) is 11.7 Å². The molecule has 0 radical (unpaired) electrons. The Balaban J connectivity index is 1.86. The smallest absolute Gasteiger partial charge is 0.0922 e. The van der Waals surface area contributed by atoms with Crippen LogP contribution in [0.2, 0.25) is 0 Å². The molecule has 2 N–H and O–H groups in total. The maximum Gasteiger partial charge on any atom is 0.0922 e. The van der Waals surface area contributed by atoms with Crippen molar-refractivity contribution >= 4 is 11.3 Å². The second-order valence-corrected chi connectivity index (χ2v) is 5.97. The van der Waals surface area contributed by atoms with Crippen LogP contribution in [0.15, 0.2) is 41.1 Å². The molecule has 0 amide bonds. The van der Waals surface area contributed by atoms with E-state index in [0.29, 0.717) is 6.54 Å². The van der Waals surface area contributed by atoms with Crippen LogP contribution >= 0.6 is 11.3 Å². The van der Waals surface area contributed by atoms with Gasteiger partial charge in [0.2, 0.25) is 0 Å². The number of benzene rings is 1. The molecule has 0 aliphatic carbocycles. The van der Waals surface area contributed by atoms with Gasteiger partial charge in [-0.2, -0.15) is 11.3 Å². The summed E-state index contributed by atoms with van der Waals surface area (Å²) in [5.74, 6) is 0. The Bertz CT molecular complexity index is 492. The summed E-state index contributed by atoms with van der Waals surface area (Å²) in [6, 6.07) is 11.0. The number of aryl methyl sites for hydroxylation is 1. The van der Waals surface area contributed by atoms with E-state index in [2.05, 4.69) is 43.4 Å². The summed E-state index contributed by atoms with van der Waals surface area (Å²) in [5, 5.41) is 17.4. The average Bonchev–Trinajstić information content (AvgIpc) is 3.00. The number of aliphatic hydroxyl groups excluding tert-OH is 1. The number of rotatable bonds is 7. The molecule has 1 aromatic heterocycles. The fourth-order valence-electron chi connectivity index (χ4n) is 2.25. The lowest BCUT2D eigenvalue weighted by molar-refractivity contribution is 0.171. The lowest BCUT2D eigenvalue weighted by atomic mass is 10.0. The van der Waals surface area contributed by atoms with E-state index in [0.717, 1.165) is 12.0 Å². The molecule has 108 valence electrons. The molecule has 0 saturated carbocycles. The highest BCUT2D eigenvalue weighted by Gasteiger charge is 2.10. The normalized spacial score (nSPS) is 14.2. The van der Waals surface area contributed by atoms with Gasteiger partial charge in [-0.3, -0.25) is 0 Å². The van der Waals surface area contributed by atoms with Crippen LogP contribution in [0.5, 0.6) is 0 Å². The van der Waals surface area contributed by atoms with Crippen molar-refractivity contribution < 1.29 is 5.11 Å².